The van der Waals surface area contributed by atoms with Crippen LogP contribution in [0.2, 0.25) is 15.1 Å². The number of amides is 2. The number of ether oxygens (including phenoxy) is 1. The molecule has 0 bridgehead atoms. The van der Waals surface area contributed by atoms with Gasteiger partial charge in [-0.15, -0.1) is 0 Å². The monoisotopic (exact) mass is 492 g/mol. The first kappa shape index (κ1) is 21.5. The quantitative estimate of drug-likeness (QED) is 0.463. The summed E-state index contributed by atoms with van der Waals surface area (Å²) in [5.41, 5.74) is 0.619. The molecule has 0 aliphatic heterocycles. The van der Waals surface area contributed by atoms with E-state index in [-0.39, 0.29) is 27.3 Å². The third kappa shape index (κ3) is 6.70. The van der Waals surface area contributed by atoms with Gasteiger partial charge >= 0.3 is 5.97 Å². The summed E-state index contributed by atoms with van der Waals surface area (Å²) in [7, 11) is 0. The topological polar surface area (TPSA) is 84.5 Å². The highest BCUT2D eigenvalue weighted by Crippen LogP contribution is 2.32. The van der Waals surface area contributed by atoms with Gasteiger partial charge in [-0.25, -0.2) is 0 Å². The Morgan fingerprint density at radius 1 is 0.963 bits per heavy atom. The SMILES string of the molecule is O=C(COC(=O)CNC(=O)c1ccc(Br)cc1)Nc1cc(Cl)c(Cl)cc1Cl. The molecule has 6 nitrogen and oxygen atoms in total. The van der Waals surface area contributed by atoms with Crippen molar-refractivity contribution in [2.45, 2.75) is 0 Å². The molecule has 0 saturated heterocycles. The smallest absolute Gasteiger partial charge is 0.325 e. The first-order valence-electron chi connectivity index (χ1n) is 7.40. The molecule has 0 spiro atoms. The van der Waals surface area contributed by atoms with Crippen LogP contribution in [0.15, 0.2) is 40.9 Å². The summed E-state index contributed by atoms with van der Waals surface area (Å²) in [5.74, 6) is -1.83. The molecule has 10 heteroatoms. The number of rotatable bonds is 6. The van der Waals surface area contributed by atoms with Gasteiger partial charge in [0.1, 0.15) is 6.54 Å². The van der Waals surface area contributed by atoms with Crippen LogP contribution in [0.25, 0.3) is 0 Å². The van der Waals surface area contributed by atoms with Crippen molar-refractivity contribution >= 4 is 74.2 Å². The van der Waals surface area contributed by atoms with E-state index in [1.54, 1.807) is 24.3 Å². The van der Waals surface area contributed by atoms with Crippen molar-refractivity contribution in [3.05, 3.63) is 61.5 Å². The van der Waals surface area contributed by atoms with Gasteiger partial charge in [-0.1, -0.05) is 50.7 Å². The molecular weight excluding hydrogens is 482 g/mol. The minimum absolute atomic E-state index is 0.186. The molecule has 27 heavy (non-hydrogen) atoms. The van der Waals surface area contributed by atoms with Crippen molar-refractivity contribution in [2.24, 2.45) is 0 Å². The van der Waals surface area contributed by atoms with Gasteiger partial charge in [-0.2, -0.15) is 0 Å². The molecule has 2 rings (SSSR count). The Kier molecular flexibility index (Phi) is 7.91. The maximum Gasteiger partial charge on any atom is 0.325 e. The van der Waals surface area contributed by atoms with Gasteiger partial charge in [-0.3, -0.25) is 14.4 Å². The zero-order chi connectivity index (χ0) is 20.0. The molecule has 0 aliphatic carbocycles. The Bertz CT molecular complexity index is 875. The number of hydrogen-bond acceptors (Lipinski definition) is 4. The fraction of sp³-hybridized carbons (Fsp3) is 0.118. The lowest BCUT2D eigenvalue weighted by Crippen LogP contribution is -2.32. The lowest BCUT2D eigenvalue weighted by molar-refractivity contribution is -0.146. The Balaban J connectivity index is 1.78. The van der Waals surface area contributed by atoms with Crippen molar-refractivity contribution in [3.63, 3.8) is 0 Å². The van der Waals surface area contributed by atoms with Crippen molar-refractivity contribution in [1.82, 2.24) is 5.32 Å². The molecule has 2 aromatic rings. The van der Waals surface area contributed by atoms with E-state index in [2.05, 4.69) is 26.6 Å². The normalized spacial score (nSPS) is 10.2. The van der Waals surface area contributed by atoms with Crippen molar-refractivity contribution in [3.8, 4) is 0 Å². The van der Waals surface area contributed by atoms with Crippen molar-refractivity contribution in [2.75, 3.05) is 18.5 Å². The summed E-state index contributed by atoms with van der Waals surface area (Å²) in [6.45, 7) is -0.931. The van der Waals surface area contributed by atoms with Crippen molar-refractivity contribution < 1.29 is 19.1 Å². The molecule has 0 unspecified atom stereocenters. The molecule has 0 radical (unpaired) electrons. The van der Waals surface area contributed by atoms with E-state index in [0.717, 1.165) is 4.47 Å². The first-order valence-corrected chi connectivity index (χ1v) is 9.32. The zero-order valence-electron chi connectivity index (χ0n) is 13.5. The highest BCUT2D eigenvalue weighted by molar-refractivity contribution is 9.10. The fourth-order valence-electron chi connectivity index (χ4n) is 1.86. The number of carbonyl (C=O) groups excluding carboxylic acids is 3. The van der Waals surface area contributed by atoms with Gasteiger partial charge in [0.05, 0.1) is 20.8 Å². The number of hydrogen-bond donors (Lipinski definition) is 2. The van der Waals surface area contributed by atoms with Crippen LogP contribution in [-0.4, -0.2) is 30.9 Å². The van der Waals surface area contributed by atoms with Gasteiger partial charge < -0.3 is 15.4 Å². The minimum Gasteiger partial charge on any atom is -0.454 e. The number of esters is 1. The van der Waals surface area contributed by atoms with Gasteiger partial charge in [-0.05, 0) is 36.4 Å². The maximum absolute atomic E-state index is 11.9. The largest absolute Gasteiger partial charge is 0.454 e. The van der Waals surface area contributed by atoms with E-state index in [4.69, 9.17) is 39.5 Å². The average Bonchev–Trinajstić information content (AvgIpc) is 2.63. The lowest BCUT2D eigenvalue weighted by atomic mass is 10.2. The summed E-state index contributed by atoms with van der Waals surface area (Å²) in [5, 5.41) is 5.49. The van der Waals surface area contributed by atoms with Crippen LogP contribution >= 0.6 is 50.7 Å². The Morgan fingerprint density at radius 3 is 2.26 bits per heavy atom. The van der Waals surface area contributed by atoms with Crippen molar-refractivity contribution in [1.29, 1.82) is 0 Å². The van der Waals surface area contributed by atoms with Gasteiger partial charge in [0.25, 0.3) is 11.8 Å². The lowest BCUT2D eigenvalue weighted by Gasteiger charge is -2.10. The highest BCUT2D eigenvalue weighted by atomic mass is 79.9. The molecular formula is C17H12BrCl3N2O4. The summed E-state index contributed by atoms with van der Waals surface area (Å²) in [6, 6.07) is 9.35. The van der Waals surface area contributed by atoms with E-state index in [1.165, 1.54) is 12.1 Å². The number of nitrogens with one attached hydrogen (secondary N) is 2. The third-order valence-electron chi connectivity index (χ3n) is 3.15. The van der Waals surface area contributed by atoms with Gasteiger partial charge in [0, 0.05) is 10.0 Å². The van der Waals surface area contributed by atoms with Crippen LogP contribution in [0.1, 0.15) is 10.4 Å². The van der Waals surface area contributed by atoms with Crippen LogP contribution < -0.4 is 10.6 Å². The molecule has 0 saturated carbocycles. The highest BCUT2D eigenvalue weighted by Gasteiger charge is 2.13. The number of benzene rings is 2. The molecule has 2 N–H and O–H groups in total. The zero-order valence-corrected chi connectivity index (χ0v) is 17.4. The Morgan fingerprint density at radius 2 is 1.59 bits per heavy atom. The van der Waals surface area contributed by atoms with E-state index < -0.39 is 24.4 Å². The Hall–Kier alpha value is -1.80. The predicted molar refractivity (Wildman–Crippen MR) is 108 cm³/mol. The van der Waals surface area contributed by atoms with E-state index in [0.29, 0.717) is 5.56 Å². The molecule has 0 aliphatic rings. The summed E-state index contributed by atoms with van der Waals surface area (Å²) in [6.07, 6.45) is 0. The second-order valence-electron chi connectivity index (χ2n) is 5.14. The Labute approximate surface area is 178 Å². The van der Waals surface area contributed by atoms with Gasteiger partial charge in [0.15, 0.2) is 6.61 Å². The molecule has 2 aromatic carbocycles. The van der Waals surface area contributed by atoms with E-state index in [9.17, 15) is 14.4 Å². The minimum atomic E-state index is -0.768. The van der Waals surface area contributed by atoms with Crippen LogP contribution in [0.4, 0.5) is 5.69 Å². The number of carbonyl (C=O) groups is 3. The maximum atomic E-state index is 11.9. The predicted octanol–water partition coefficient (Wildman–Crippen LogP) is 4.32. The molecule has 0 aromatic heterocycles. The molecule has 2 amide bonds. The summed E-state index contributed by atoms with van der Waals surface area (Å²) >= 11 is 20.9. The van der Waals surface area contributed by atoms with Crippen LogP contribution in [0.3, 0.4) is 0 Å². The molecule has 0 fully saturated rings. The number of anilines is 1. The molecule has 0 atom stereocenters. The van der Waals surface area contributed by atoms with E-state index >= 15 is 0 Å². The third-order valence-corrected chi connectivity index (χ3v) is 4.71. The number of halogens is 4. The van der Waals surface area contributed by atoms with E-state index in [1.807, 2.05) is 0 Å². The first-order chi connectivity index (χ1) is 12.8. The summed E-state index contributed by atoms with van der Waals surface area (Å²) < 4.78 is 5.63. The fourth-order valence-corrected chi connectivity index (χ4v) is 2.72. The molecule has 142 valence electrons. The van der Waals surface area contributed by atoms with Gasteiger partial charge in [0.2, 0.25) is 0 Å². The van der Waals surface area contributed by atoms with Crippen LogP contribution in [0, 0.1) is 0 Å². The average molecular weight is 495 g/mol. The second-order valence-corrected chi connectivity index (χ2v) is 7.28. The summed E-state index contributed by atoms with van der Waals surface area (Å²) in [4.78, 5) is 35.4. The van der Waals surface area contributed by atoms with Crippen LogP contribution in [0.5, 0.6) is 0 Å². The van der Waals surface area contributed by atoms with Crippen LogP contribution in [-0.2, 0) is 14.3 Å². The molecule has 0 heterocycles. The second kappa shape index (κ2) is 9.94. The standard InChI is InChI=1S/C17H12BrCl3N2O4/c18-10-3-1-9(2-4-10)17(26)22-7-16(25)27-8-15(24)23-14-6-12(20)11(19)5-13(14)21/h1-6H,7-8H2,(H,22,26)(H,23,24).